The van der Waals surface area contributed by atoms with Crippen LogP contribution in [0.3, 0.4) is 0 Å². The van der Waals surface area contributed by atoms with Crippen LogP contribution in [0.4, 0.5) is 24.5 Å². The molecule has 1 fully saturated rings. The van der Waals surface area contributed by atoms with Crippen LogP contribution in [0.1, 0.15) is 48.0 Å². The SMILES string of the molecule is CN(C)c1ccc(NC(=O)c2ccc(S(=O)(=O)N(C)C3CCCCC3)cc2)c(C(F)(F)F)c1. The van der Waals surface area contributed by atoms with Crippen molar-refractivity contribution in [3.63, 3.8) is 0 Å². The zero-order chi connectivity index (χ0) is 24.4. The van der Waals surface area contributed by atoms with Gasteiger partial charge in [-0.25, -0.2) is 8.42 Å². The van der Waals surface area contributed by atoms with Gasteiger partial charge in [0.05, 0.1) is 16.1 Å². The summed E-state index contributed by atoms with van der Waals surface area (Å²) in [5.74, 6) is -0.761. The fourth-order valence-corrected chi connectivity index (χ4v) is 5.35. The van der Waals surface area contributed by atoms with Gasteiger partial charge in [0, 0.05) is 38.4 Å². The molecular weight excluding hydrogens is 455 g/mol. The average molecular weight is 484 g/mol. The van der Waals surface area contributed by atoms with Gasteiger partial charge in [-0.15, -0.1) is 0 Å². The highest BCUT2D eigenvalue weighted by atomic mass is 32.2. The van der Waals surface area contributed by atoms with Gasteiger partial charge in [-0.1, -0.05) is 19.3 Å². The topological polar surface area (TPSA) is 69.7 Å². The average Bonchev–Trinajstić information content (AvgIpc) is 2.78. The Morgan fingerprint density at radius 3 is 2.12 bits per heavy atom. The molecule has 2 aromatic carbocycles. The maximum absolute atomic E-state index is 13.5. The first-order chi connectivity index (χ1) is 15.4. The Kier molecular flexibility index (Phi) is 7.38. The van der Waals surface area contributed by atoms with Crippen LogP contribution >= 0.6 is 0 Å². The molecule has 1 saturated carbocycles. The number of carbonyl (C=O) groups is 1. The number of benzene rings is 2. The Morgan fingerprint density at radius 1 is 0.970 bits per heavy atom. The summed E-state index contributed by atoms with van der Waals surface area (Å²) in [5.41, 5.74) is -0.932. The number of alkyl halides is 3. The molecule has 2 aromatic rings. The van der Waals surface area contributed by atoms with Crippen LogP contribution in [0.25, 0.3) is 0 Å². The third-order valence-electron chi connectivity index (χ3n) is 5.96. The minimum atomic E-state index is -4.66. The molecule has 3 rings (SSSR count). The number of hydrogen-bond acceptors (Lipinski definition) is 4. The number of nitrogens with zero attached hydrogens (tertiary/aromatic N) is 2. The van der Waals surface area contributed by atoms with Crippen molar-refractivity contribution in [2.24, 2.45) is 0 Å². The smallest absolute Gasteiger partial charge is 0.378 e. The van der Waals surface area contributed by atoms with Crippen molar-refractivity contribution >= 4 is 27.3 Å². The molecule has 0 radical (unpaired) electrons. The van der Waals surface area contributed by atoms with Gasteiger partial charge < -0.3 is 10.2 Å². The van der Waals surface area contributed by atoms with E-state index in [4.69, 9.17) is 0 Å². The minimum absolute atomic E-state index is 0.0402. The molecule has 0 saturated heterocycles. The third-order valence-corrected chi connectivity index (χ3v) is 7.88. The first-order valence-electron chi connectivity index (χ1n) is 10.7. The molecular formula is C23H28F3N3O3S. The fourth-order valence-electron chi connectivity index (χ4n) is 3.93. The van der Waals surface area contributed by atoms with Gasteiger partial charge in [0.2, 0.25) is 10.0 Å². The van der Waals surface area contributed by atoms with Crippen LogP contribution in [0.5, 0.6) is 0 Å². The quantitative estimate of drug-likeness (QED) is 0.630. The number of carbonyl (C=O) groups excluding carboxylic acids is 1. The number of halogens is 3. The number of sulfonamides is 1. The van der Waals surface area contributed by atoms with Gasteiger partial charge in [0.15, 0.2) is 0 Å². The summed E-state index contributed by atoms with van der Waals surface area (Å²) in [4.78, 5) is 14.2. The lowest BCUT2D eigenvalue weighted by molar-refractivity contribution is -0.136. The van der Waals surface area contributed by atoms with Crippen molar-refractivity contribution in [2.75, 3.05) is 31.4 Å². The molecule has 0 unspecified atom stereocenters. The summed E-state index contributed by atoms with van der Waals surface area (Å²) in [5, 5.41) is 2.29. The monoisotopic (exact) mass is 483 g/mol. The Morgan fingerprint density at radius 2 is 1.58 bits per heavy atom. The standard InChI is InChI=1S/C23H28F3N3O3S/c1-28(2)18-11-14-21(20(15-18)23(24,25)26)27-22(30)16-9-12-19(13-10-16)33(31,32)29(3)17-7-5-4-6-8-17/h9-15,17H,4-8H2,1-3H3,(H,27,30). The second kappa shape index (κ2) is 9.72. The van der Waals surface area contributed by atoms with E-state index in [-0.39, 0.29) is 22.2 Å². The molecule has 1 amide bonds. The Bertz CT molecular complexity index is 1090. The Balaban J connectivity index is 1.80. The van der Waals surface area contributed by atoms with Crippen LogP contribution in [0, 0.1) is 0 Å². The molecule has 0 spiro atoms. The van der Waals surface area contributed by atoms with Crippen molar-refractivity contribution in [3.05, 3.63) is 53.6 Å². The summed E-state index contributed by atoms with van der Waals surface area (Å²) in [6, 6.07) is 8.81. The van der Waals surface area contributed by atoms with Gasteiger partial charge in [0.25, 0.3) is 5.91 Å². The van der Waals surface area contributed by atoms with E-state index in [1.807, 2.05) is 0 Å². The molecule has 10 heteroatoms. The first-order valence-corrected chi connectivity index (χ1v) is 12.1. The molecule has 6 nitrogen and oxygen atoms in total. The molecule has 180 valence electrons. The Labute approximate surface area is 192 Å². The van der Waals surface area contributed by atoms with Crippen molar-refractivity contribution in [1.29, 1.82) is 0 Å². The third kappa shape index (κ3) is 5.67. The molecule has 0 heterocycles. The summed E-state index contributed by atoms with van der Waals surface area (Å²) < 4.78 is 67.8. The highest BCUT2D eigenvalue weighted by Gasteiger charge is 2.35. The van der Waals surface area contributed by atoms with Crippen molar-refractivity contribution in [2.45, 2.75) is 49.2 Å². The lowest BCUT2D eigenvalue weighted by atomic mass is 9.96. The molecule has 0 aromatic heterocycles. The van der Waals surface area contributed by atoms with Gasteiger partial charge in [-0.05, 0) is 55.3 Å². The van der Waals surface area contributed by atoms with E-state index in [0.717, 1.165) is 38.2 Å². The number of hydrogen-bond donors (Lipinski definition) is 1. The van der Waals surface area contributed by atoms with E-state index in [1.165, 1.54) is 45.6 Å². The van der Waals surface area contributed by atoms with Crippen LogP contribution in [-0.4, -0.2) is 45.8 Å². The lowest BCUT2D eigenvalue weighted by Crippen LogP contribution is -2.38. The first kappa shape index (κ1) is 25.0. The number of amides is 1. The molecule has 33 heavy (non-hydrogen) atoms. The second-order valence-corrected chi connectivity index (χ2v) is 10.4. The van der Waals surface area contributed by atoms with Crippen LogP contribution in [0.2, 0.25) is 0 Å². The van der Waals surface area contributed by atoms with Crippen molar-refractivity contribution < 1.29 is 26.4 Å². The predicted molar refractivity (Wildman–Crippen MR) is 122 cm³/mol. The summed E-state index contributed by atoms with van der Waals surface area (Å²) >= 11 is 0. The number of rotatable bonds is 6. The molecule has 0 aliphatic heterocycles. The lowest BCUT2D eigenvalue weighted by Gasteiger charge is -2.30. The van der Waals surface area contributed by atoms with Crippen LogP contribution < -0.4 is 10.2 Å². The highest BCUT2D eigenvalue weighted by molar-refractivity contribution is 7.89. The maximum atomic E-state index is 13.5. The number of anilines is 2. The fraction of sp³-hybridized carbons (Fsp3) is 0.435. The molecule has 0 bridgehead atoms. The summed E-state index contributed by atoms with van der Waals surface area (Å²) in [6.45, 7) is 0. The van der Waals surface area contributed by atoms with Gasteiger partial charge in [-0.2, -0.15) is 17.5 Å². The van der Waals surface area contributed by atoms with E-state index >= 15 is 0 Å². The molecule has 0 atom stereocenters. The van der Waals surface area contributed by atoms with Crippen molar-refractivity contribution in [3.8, 4) is 0 Å². The van der Waals surface area contributed by atoms with E-state index in [9.17, 15) is 26.4 Å². The van der Waals surface area contributed by atoms with Gasteiger partial charge >= 0.3 is 6.18 Å². The zero-order valence-electron chi connectivity index (χ0n) is 18.8. The van der Waals surface area contributed by atoms with E-state index in [0.29, 0.717) is 5.69 Å². The predicted octanol–water partition coefficient (Wildman–Crippen LogP) is 4.98. The normalized spacial score (nSPS) is 15.5. The van der Waals surface area contributed by atoms with Gasteiger partial charge in [-0.3, -0.25) is 4.79 Å². The Hall–Kier alpha value is -2.59. The number of nitrogens with one attached hydrogen (secondary N) is 1. The summed E-state index contributed by atoms with van der Waals surface area (Å²) in [7, 11) is 1.07. The van der Waals surface area contributed by atoms with E-state index < -0.39 is 27.7 Å². The summed E-state index contributed by atoms with van der Waals surface area (Å²) in [6.07, 6.45) is 0.0330. The molecule has 1 aliphatic rings. The largest absolute Gasteiger partial charge is 0.418 e. The molecule has 1 N–H and O–H groups in total. The van der Waals surface area contributed by atoms with Gasteiger partial charge in [0.1, 0.15) is 0 Å². The highest BCUT2D eigenvalue weighted by Crippen LogP contribution is 2.37. The van der Waals surface area contributed by atoms with E-state index in [1.54, 1.807) is 21.1 Å². The van der Waals surface area contributed by atoms with Crippen LogP contribution in [0.15, 0.2) is 47.4 Å². The van der Waals surface area contributed by atoms with E-state index in [2.05, 4.69) is 5.32 Å². The molecule has 1 aliphatic carbocycles. The zero-order valence-corrected chi connectivity index (χ0v) is 19.6. The maximum Gasteiger partial charge on any atom is 0.418 e. The van der Waals surface area contributed by atoms with Crippen molar-refractivity contribution in [1.82, 2.24) is 4.31 Å². The van der Waals surface area contributed by atoms with Crippen LogP contribution in [-0.2, 0) is 16.2 Å². The second-order valence-electron chi connectivity index (χ2n) is 8.41. The minimum Gasteiger partial charge on any atom is -0.378 e.